The molecule has 1 aliphatic heterocycles. The Morgan fingerprint density at radius 2 is 2.10 bits per heavy atom. The van der Waals surface area contributed by atoms with E-state index in [4.69, 9.17) is 0 Å². The second kappa shape index (κ2) is 7.57. The number of rotatable bonds is 5. The van der Waals surface area contributed by atoms with Gasteiger partial charge >= 0.3 is 0 Å². The first-order valence-corrected chi connectivity index (χ1v) is 10.4. The number of fused-ring (bicyclic) bond motifs is 1. The van der Waals surface area contributed by atoms with Crippen molar-refractivity contribution in [3.05, 3.63) is 52.1 Å². The predicted molar refractivity (Wildman–Crippen MR) is 112 cm³/mol. The number of hydrogen-bond acceptors (Lipinski definition) is 7. The first kappa shape index (κ1) is 19.5. The Balaban J connectivity index is 1.56. The molecule has 9 heteroatoms. The summed E-state index contributed by atoms with van der Waals surface area (Å²) in [6, 6.07) is 9.44. The largest absolute Gasteiger partial charge is 0.383 e. The predicted octanol–water partition coefficient (Wildman–Crippen LogP) is 1.89. The van der Waals surface area contributed by atoms with E-state index >= 15 is 0 Å². The topological polar surface area (TPSA) is 111 Å². The van der Waals surface area contributed by atoms with Crippen molar-refractivity contribution in [2.24, 2.45) is 0 Å². The van der Waals surface area contributed by atoms with Gasteiger partial charge in [-0.25, -0.2) is 9.97 Å². The highest BCUT2D eigenvalue weighted by molar-refractivity contribution is 7.21. The molecule has 2 aromatic heterocycles. The van der Waals surface area contributed by atoms with Crippen LogP contribution in [0.25, 0.3) is 10.3 Å². The summed E-state index contributed by atoms with van der Waals surface area (Å²) in [5.41, 5.74) is -0.377. The minimum atomic E-state index is -1.26. The van der Waals surface area contributed by atoms with E-state index in [0.29, 0.717) is 23.1 Å². The number of H-pyrrole nitrogens is 1. The van der Waals surface area contributed by atoms with Crippen molar-refractivity contribution in [1.29, 1.82) is 0 Å². The maximum absolute atomic E-state index is 12.8. The number of amides is 1. The third kappa shape index (κ3) is 4.01. The molecular formula is C20H23N5O3S. The highest BCUT2D eigenvalue weighted by Gasteiger charge is 2.33. The molecule has 3 heterocycles. The molecule has 4 rings (SSSR count). The molecule has 1 fully saturated rings. The Hall–Kier alpha value is -2.78. The van der Waals surface area contributed by atoms with Gasteiger partial charge in [-0.2, -0.15) is 0 Å². The van der Waals surface area contributed by atoms with Gasteiger partial charge in [-0.3, -0.25) is 9.59 Å². The van der Waals surface area contributed by atoms with Gasteiger partial charge in [-0.05, 0) is 32.3 Å². The molecule has 1 aromatic carbocycles. The van der Waals surface area contributed by atoms with Gasteiger partial charge in [-0.15, -0.1) is 0 Å². The zero-order valence-corrected chi connectivity index (χ0v) is 17.1. The second-order valence-electron chi connectivity index (χ2n) is 7.68. The number of carbonyl (C=O) groups is 1. The van der Waals surface area contributed by atoms with Gasteiger partial charge in [0.25, 0.3) is 5.56 Å². The van der Waals surface area contributed by atoms with E-state index in [-0.39, 0.29) is 28.8 Å². The molecule has 1 aliphatic rings. The fourth-order valence-electron chi connectivity index (χ4n) is 3.40. The van der Waals surface area contributed by atoms with E-state index in [1.54, 1.807) is 13.8 Å². The monoisotopic (exact) mass is 413 g/mol. The van der Waals surface area contributed by atoms with Crippen molar-refractivity contribution in [2.45, 2.75) is 44.9 Å². The SMILES string of the molecule is CC(C)(O)c1nc2sc(N3CCCC3C(=O)NCc3ccccc3)nc2c(=O)[nH]1. The Kier molecular flexibility index (Phi) is 5.10. The molecule has 3 N–H and O–H groups in total. The first-order chi connectivity index (χ1) is 13.8. The lowest BCUT2D eigenvalue weighted by Crippen LogP contribution is -2.43. The molecule has 0 spiro atoms. The van der Waals surface area contributed by atoms with Crippen molar-refractivity contribution in [1.82, 2.24) is 20.3 Å². The summed E-state index contributed by atoms with van der Waals surface area (Å²) in [4.78, 5) is 39.0. The van der Waals surface area contributed by atoms with Crippen LogP contribution in [-0.4, -0.2) is 38.6 Å². The van der Waals surface area contributed by atoms with Crippen LogP contribution < -0.4 is 15.8 Å². The molecule has 0 bridgehead atoms. The van der Waals surface area contributed by atoms with Crippen LogP contribution in [0.5, 0.6) is 0 Å². The van der Waals surface area contributed by atoms with E-state index in [9.17, 15) is 14.7 Å². The summed E-state index contributed by atoms with van der Waals surface area (Å²) in [6.45, 7) is 4.29. The van der Waals surface area contributed by atoms with Gasteiger partial charge in [-0.1, -0.05) is 41.7 Å². The third-order valence-electron chi connectivity index (χ3n) is 4.95. The molecular weight excluding hydrogens is 390 g/mol. The number of aromatic nitrogens is 3. The second-order valence-corrected chi connectivity index (χ2v) is 8.63. The van der Waals surface area contributed by atoms with Crippen LogP contribution in [-0.2, 0) is 16.9 Å². The fourth-order valence-corrected chi connectivity index (χ4v) is 4.42. The number of nitrogens with zero attached hydrogens (tertiary/aromatic N) is 3. The number of nitrogens with one attached hydrogen (secondary N) is 2. The third-order valence-corrected chi connectivity index (χ3v) is 5.93. The number of hydrogen-bond donors (Lipinski definition) is 3. The minimum Gasteiger partial charge on any atom is -0.383 e. The first-order valence-electron chi connectivity index (χ1n) is 9.55. The fraction of sp³-hybridized carbons (Fsp3) is 0.400. The van der Waals surface area contributed by atoms with Crippen LogP contribution in [0.3, 0.4) is 0 Å². The molecule has 3 aromatic rings. The maximum Gasteiger partial charge on any atom is 0.278 e. The number of anilines is 1. The molecule has 1 atom stereocenters. The van der Waals surface area contributed by atoms with Crippen LogP contribution in [0.15, 0.2) is 35.1 Å². The molecule has 1 amide bonds. The van der Waals surface area contributed by atoms with E-state index in [1.165, 1.54) is 11.3 Å². The van der Waals surface area contributed by atoms with Gasteiger partial charge < -0.3 is 20.3 Å². The number of thiazole rings is 1. The van der Waals surface area contributed by atoms with Gasteiger partial charge in [0.1, 0.15) is 17.5 Å². The molecule has 152 valence electrons. The van der Waals surface area contributed by atoms with E-state index in [0.717, 1.165) is 18.4 Å². The van der Waals surface area contributed by atoms with Crippen LogP contribution in [0, 0.1) is 0 Å². The zero-order chi connectivity index (χ0) is 20.6. The highest BCUT2D eigenvalue weighted by atomic mass is 32.1. The average Bonchev–Trinajstić information content (AvgIpc) is 3.33. The van der Waals surface area contributed by atoms with Gasteiger partial charge in [0.2, 0.25) is 5.91 Å². The lowest BCUT2D eigenvalue weighted by atomic mass is 10.1. The van der Waals surface area contributed by atoms with Crippen molar-refractivity contribution in [3.8, 4) is 0 Å². The average molecular weight is 414 g/mol. The number of aliphatic hydroxyl groups is 1. The molecule has 29 heavy (non-hydrogen) atoms. The Bertz CT molecular complexity index is 1090. The molecule has 0 saturated carbocycles. The number of carbonyl (C=O) groups excluding carboxylic acids is 1. The Labute approximate surface area is 171 Å². The lowest BCUT2D eigenvalue weighted by molar-refractivity contribution is -0.122. The molecule has 0 radical (unpaired) electrons. The summed E-state index contributed by atoms with van der Waals surface area (Å²) in [5.74, 6) is 0.147. The molecule has 8 nitrogen and oxygen atoms in total. The van der Waals surface area contributed by atoms with Crippen LogP contribution >= 0.6 is 11.3 Å². The van der Waals surface area contributed by atoms with E-state index < -0.39 is 5.60 Å². The van der Waals surface area contributed by atoms with Crippen LogP contribution in [0.1, 0.15) is 38.1 Å². The smallest absolute Gasteiger partial charge is 0.278 e. The maximum atomic E-state index is 12.8. The number of aromatic amines is 1. The standard InChI is InChI=1S/C20H23N5O3S/c1-20(2,28)18-23-16(27)14-17(24-18)29-19(22-14)25-10-6-9-13(25)15(26)21-11-12-7-4-3-5-8-12/h3-5,7-8,13,28H,6,9-11H2,1-2H3,(H,21,26)(H,23,24,27). The quantitative estimate of drug-likeness (QED) is 0.589. The van der Waals surface area contributed by atoms with Gasteiger partial charge in [0.05, 0.1) is 0 Å². The van der Waals surface area contributed by atoms with Crippen LogP contribution in [0.2, 0.25) is 0 Å². The minimum absolute atomic E-state index is 0.0512. The van der Waals surface area contributed by atoms with Crippen molar-refractivity contribution < 1.29 is 9.90 Å². The van der Waals surface area contributed by atoms with Crippen molar-refractivity contribution in [3.63, 3.8) is 0 Å². The summed E-state index contributed by atoms with van der Waals surface area (Å²) in [7, 11) is 0. The summed E-state index contributed by atoms with van der Waals surface area (Å²) >= 11 is 1.27. The summed E-state index contributed by atoms with van der Waals surface area (Å²) < 4.78 is 0. The van der Waals surface area contributed by atoms with Gasteiger partial charge in [0, 0.05) is 13.1 Å². The Morgan fingerprint density at radius 3 is 2.83 bits per heavy atom. The summed E-state index contributed by atoms with van der Waals surface area (Å²) in [5, 5.41) is 13.7. The molecule has 1 saturated heterocycles. The number of benzene rings is 1. The Morgan fingerprint density at radius 1 is 1.34 bits per heavy atom. The molecule has 1 unspecified atom stereocenters. The molecule has 0 aliphatic carbocycles. The zero-order valence-electron chi connectivity index (χ0n) is 16.3. The van der Waals surface area contributed by atoms with Crippen LogP contribution in [0.4, 0.5) is 5.13 Å². The highest BCUT2D eigenvalue weighted by Crippen LogP contribution is 2.32. The normalized spacial score (nSPS) is 17.1. The van der Waals surface area contributed by atoms with Gasteiger partial charge in [0.15, 0.2) is 15.5 Å². The summed E-state index contributed by atoms with van der Waals surface area (Å²) in [6.07, 6.45) is 1.60. The van der Waals surface area contributed by atoms with E-state index in [2.05, 4.69) is 20.3 Å². The van der Waals surface area contributed by atoms with Crippen molar-refractivity contribution >= 4 is 32.7 Å². The van der Waals surface area contributed by atoms with E-state index in [1.807, 2.05) is 35.2 Å². The lowest BCUT2D eigenvalue weighted by Gasteiger charge is -2.23. The van der Waals surface area contributed by atoms with Crippen molar-refractivity contribution in [2.75, 3.05) is 11.4 Å².